The van der Waals surface area contributed by atoms with Gasteiger partial charge < -0.3 is 9.67 Å². The molecule has 0 radical (unpaired) electrons. The lowest BCUT2D eigenvalue weighted by atomic mass is 9.62. The van der Waals surface area contributed by atoms with Gasteiger partial charge in [0.05, 0.1) is 11.6 Å². The van der Waals surface area contributed by atoms with Gasteiger partial charge in [-0.2, -0.15) is 0 Å². The molecule has 0 aliphatic carbocycles. The van der Waals surface area contributed by atoms with Gasteiger partial charge in [0.15, 0.2) is 0 Å². The van der Waals surface area contributed by atoms with Crippen molar-refractivity contribution < 1.29 is 9.90 Å². The van der Waals surface area contributed by atoms with Crippen molar-refractivity contribution in [2.75, 3.05) is 13.1 Å². The Morgan fingerprint density at radius 3 is 2.96 bits per heavy atom. The van der Waals surface area contributed by atoms with E-state index in [0.717, 1.165) is 55.4 Å². The predicted molar refractivity (Wildman–Crippen MR) is 99.1 cm³/mol. The maximum Gasteiger partial charge on any atom is 0.287 e. The highest BCUT2D eigenvalue weighted by Crippen LogP contribution is 2.60. The van der Waals surface area contributed by atoms with Crippen LogP contribution in [0.5, 0.6) is 0 Å². The molecule has 3 atom stereocenters. The van der Waals surface area contributed by atoms with Crippen molar-refractivity contribution in [1.82, 2.24) is 14.9 Å². The summed E-state index contributed by atoms with van der Waals surface area (Å²) in [6.07, 6.45) is 4.45. The number of aromatic nitrogens is 1. The summed E-state index contributed by atoms with van der Waals surface area (Å²) < 4.78 is 1.90. The van der Waals surface area contributed by atoms with Gasteiger partial charge in [0, 0.05) is 24.0 Å². The average Bonchev–Trinajstić information content (AvgIpc) is 3.02. The second-order valence-electron chi connectivity index (χ2n) is 8.19. The monoisotopic (exact) mass is 354 g/mol. The summed E-state index contributed by atoms with van der Waals surface area (Å²) in [6.45, 7) is 4.33. The quantitative estimate of drug-likeness (QED) is 0.436. The van der Waals surface area contributed by atoms with Gasteiger partial charge in [-0.1, -0.05) is 25.1 Å². The fraction of sp³-hybridized carbons (Fsp3) is 0.550. The number of nitrogens with zero attached hydrogens (tertiary/aromatic N) is 2. The molecule has 0 bridgehead atoms. The van der Waals surface area contributed by atoms with Crippen LogP contribution in [0.1, 0.15) is 49.9 Å². The average molecular weight is 354 g/mol. The Bertz CT molecular complexity index is 907. The van der Waals surface area contributed by atoms with E-state index in [9.17, 15) is 9.90 Å². The van der Waals surface area contributed by atoms with Crippen molar-refractivity contribution in [3.63, 3.8) is 0 Å². The van der Waals surface area contributed by atoms with E-state index in [1.165, 1.54) is 5.56 Å². The highest BCUT2D eigenvalue weighted by Gasteiger charge is 2.59. The van der Waals surface area contributed by atoms with Crippen LogP contribution in [0.2, 0.25) is 0 Å². The zero-order valence-electron chi connectivity index (χ0n) is 15.2. The molecule has 3 aliphatic rings. The van der Waals surface area contributed by atoms with Gasteiger partial charge in [-0.15, -0.1) is 0 Å². The molecule has 1 saturated heterocycles. The number of fused-ring (bicyclic) bond motifs is 3. The second-order valence-corrected chi connectivity index (χ2v) is 8.19. The first-order valence-corrected chi connectivity index (χ1v) is 9.66. The lowest BCUT2D eigenvalue weighted by Crippen LogP contribution is -2.62. The van der Waals surface area contributed by atoms with E-state index in [-0.39, 0.29) is 11.5 Å². The third-order valence-electron chi connectivity index (χ3n) is 7.16. The Labute approximate surface area is 152 Å². The van der Waals surface area contributed by atoms with E-state index in [0.29, 0.717) is 6.42 Å². The molecule has 0 spiro atoms. The highest BCUT2D eigenvalue weighted by molar-refractivity contribution is 5.91. The van der Waals surface area contributed by atoms with E-state index in [4.69, 9.17) is 5.84 Å². The Morgan fingerprint density at radius 2 is 2.19 bits per heavy atom. The first kappa shape index (κ1) is 16.3. The number of para-hydroxylation sites is 1. The molecular weight excluding hydrogens is 328 g/mol. The second kappa shape index (κ2) is 5.31. The number of piperidine rings is 1. The molecule has 3 aliphatic heterocycles. The lowest BCUT2D eigenvalue weighted by molar-refractivity contribution is -0.173. The van der Waals surface area contributed by atoms with Crippen LogP contribution in [0.3, 0.4) is 0 Å². The topological polar surface area (TPSA) is 83.5 Å². The van der Waals surface area contributed by atoms with Gasteiger partial charge in [-0.3, -0.25) is 15.1 Å². The summed E-state index contributed by atoms with van der Waals surface area (Å²) in [6, 6.07) is 8.39. The number of hydrogen-bond donors (Lipinski definition) is 3. The standard InChI is InChI=1S/C20H26N4O2/c1-2-19-9-5-10-23-11-8-14-13-6-3-4-7-15(13)24(16(14)17(19)23)20(26,12-19)18(25)22-21/h3-4,6-7,17,26H,2,5,8-12,21H2,1H3,(H,22,25)/t17-,19+,20+/m1/s1. The smallest absolute Gasteiger partial charge is 0.287 e. The fourth-order valence-corrected chi connectivity index (χ4v) is 6.07. The fourth-order valence-electron chi connectivity index (χ4n) is 6.07. The van der Waals surface area contributed by atoms with Gasteiger partial charge in [-0.25, -0.2) is 5.84 Å². The lowest BCUT2D eigenvalue weighted by Gasteiger charge is -2.58. The normalized spacial score (nSPS) is 33.1. The van der Waals surface area contributed by atoms with Crippen LogP contribution in [0.25, 0.3) is 10.9 Å². The molecule has 4 N–H and O–H groups in total. The van der Waals surface area contributed by atoms with Crippen molar-refractivity contribution in [2.24, 2.45) is 11.3 Å². The molecule has 138 valence electrons. The Balaban J connectivity index is 1.89. The van der Waals surface area contributed by atoms with Crippen LogP contribution < -0.4 is 11.3 Å². The van der Waals surface area contributed by atoms with E-state index in [2.05, 4.69) is 23.3 Å². The van der Waals surface area contributed by atoms with Crippen molar-refractivity contribution in [1.29, 1.82) is 0 Å². The summed E-state index contributed by atoms with van der Waals surface area (Å²) in [7, 11) is 0. The summed E-state index contributed by atoms with van der Waals surface area (Å²) in [5.74, 6) is 4.99. The van der Waals surface area contributed by atoms with E-state index >= 15 is 0 Å². The molecule has 1 fully saturated rings. The number of carbonyl (C=O) groups excluding carboxylic acids is 1. The number of nitrogens with two attached hydrogens (primary N) is 1. The third-order valence-corrected chi connectivity index (χ3v) is 7.16. The molecule has 0 unspecified atom stereocenters. The number of hydrazine groups is 1. The molecule has 1 amide bonds. The summed E-state index contributed by atoms with van der Waals surface area (Å²) in [5.41, 5.74) is 3.85. The SMILES string of the molecule is CC[C@]12CCCN3CCc4c(n(c5ccccc45)[C@@](O)(C(=O)NN)C1)[C@@H]32. The van der Waals surface area contributed by atoms with Gasteiger partial charge in [0.25, 0.3) is 5.91 Å². The largest absolute Gasteiger partial charge is 0.363 e. The van der Waals surface area contributed by atoms with Crippen LogP contribution >= 0.6 is 0 Å². The van der Waals surface area contributed by atoms with Crippen molar-refractivity contribution in [3.05, 3.63) is 35.5 Å². The molecule has 1 aromatic heterocycles. The van der Waals surface area contributed by atoms with Crippen LogP contribution in [0.4, 0.5) is 0 Å². The summed E-state index contributed by atoms with van der Waals surface area (Å²) >= 11 is 0. The molecular formula is C20H26N4O2. The minimum Gasteiger partial charge on any atom is -0.363 e. The zero-order valence-corrected chi connectivity index (χ0v) is 15.2. The van der Waals surface area contributed by atoms with Gasteiger partial charge in [0.2, 0.25) is 5.72 Å². The number of aliphatic hydroxyl groups is 1. The Hall–Kier alpha value is -1.89. The van der Waals surface area contributed by atoms with Gasteiger partial charge >= 0.3 is 0 Å². The predicted octanol–water partition coefficient (Wildman–Crippen LogP) is 1.77. The summed E-state index contributed by atoms with van der Waals surface area (Å²) in [5, 5.41) is 12.9. The van der Waals surface area contributed by atoms with Crippen LogP contribution in [-0.2, 0) is 16.9 Å². The molecule has 4 heterocycles. The molecule has 6 nitrogen and oxygen atoms in total. The molecule has 0 saturated carbocycles. The van der Waals surface area contributed by atoms with Gasteiger partial charge in [0.1, 0.15) is 0 Å². The number of rotatable bonds is 2. The Morgan fingerprint density at radius 1 is 1.38 bits per heavy atom. The minimum atomic E-state index is -1.64. The highest BCUT2D eigenvalue weighted by atomic mass is 16.3. The molecule has 1 aromatic carbocycles. The third kappa shape index (κ3) is 1.79. The Kier molecular flexibility index (Phi) is 3.33. The molecule has 5 rings (SSSR count). The number of nitrogens with one attached hydrogen (secondary N) is 1. The minimum absolute atomic E-state index is 0.0982. The number of amides is 1. The number of hydrogen-bond acceptors (Lipinski definition) is 4. The zero-order chi connectivity index (χ0) is 18.1. The summed E-state index contributed by atoms with van der Waals surface area (Å²) in [4.78, 5) is 15.4. The van der Waals surface area contributed by atoms with Crippen molar-refractivity contribution in [2.45, 2.75) is 50.8 Å². The maximum atomic E-state index is 12.8. The van der Waals surface area contributed by atoms with Crippen LogP contribution in [-0.4, -0.2) is 33.6 Å². The molecule has 6 heteroatoms. The van der Waals surface area contributed by atoms with E-state index in [1.807, 2.05) is 22.8 Å². The van der Waals surface area contributed by atoms with E-state index in [1.54, 1.807) is 0 Å². The first-order chi connectivity index (χ1) is 12.6. The number of carbonyl (C=O) groups is 1. The molecule has 2 aromatic rings. The van der Waals surface area contributed by atoms with Crippen LogP contribution in [0, 0.1) is 5.41 Å². The first-order valence-electron chi connectivity index (χ1n) is 9.66. The van der Waals surface area contributed by atoms with Crippen LogP contribution in [0.15, 0.2) is 24.3 Å². The number of benzene rings is 1. The van der Waals surface area contributed by atoms with Crippen molar-refractivity contribution in [3.8, 4) is 0 Å². The van der Waals surface area contributed by atoms with Gasteiger partial charge in [-0.05, 0) is 49.3 Å². The molecule has 26 heavy (non-hydrogen) atoms. The van der Waals surface area contributed by atoms with E-state index < -0.39 is 11.6 Å². The van der Waals surface area contributed by atoms with Crippen molar-refractivity contribution >= 4 is 16.8 Å². The maximum absolute atomic E-state index is 12.8.